The molecule has 1 aliphatic rings. The van der Waals surface area contributed by atoms with Gasteiger partial charge in [0, 0.05) is 36.6 Å². The fourth-order valence-electron chi connectivity index (χ4n) is 2.84. The summed E-state index contributed by atoms with van der Waals surface area (Å²) < 4.78 is 52.7. The molecule has 2 aromatic rings. The number of thiophene rings is 1. The molecule has 2 heterocycles. The zero-order valence-electron chi connectivity index (χ0n) is 12.2. The monoisotopic (exact) mass is 344 g/mol. The lowest BCUT2D eigenvalue weighted by Gasteiger charge is -2.35. The van der Waals surface area contributed by atoms with Gasteiger partial charge in [0.15, 0.2) is 0 Å². The van der Waals surface area contributed by atoms with Gasteiger partial charge in [-0.1, -0.05) is 12.1 Å². The molecule has 0 amide bonds. The van der Waals surface area contributed by atoms with Crippen molar-refractivity contribution in [2.75, 3.05) is 26.2 Å². The summed E-state index contributed by atoms with van der Waals surface area (Å²) in [5.74, 6) is -0.809. The minimum absolute atomic E-state index is 0.294. The van der Waals surface area contributed by atoms with Gasteiger partial charge < -0.3 is 5.32 Å². The summed E-state index contributed by atoms with van der Waals surface area (Å²) in [7, 11) is 0. The molecule has 1 N–H and O–H groups in total. The maximum atomic E-state index is 14.4. The molecule has 1 saturated heterocycles. The van der Waals surface area contributed by atoms with E-state index in [2.05, 4.69) is 10.2 Å². The lowest BCUT2D eigenvalue weighted by atomic mass is 10.00. The molecule has 7 heteroatoms. The fourth-order valence-corrected chi connectivity index (χ4v) is 3.72. The van der Waals surface area contributed by atoms with Gasteiger partial charge in [-0.2, -0.15) is 13.2 Å². The summed E-state index contributed by atoms with van der Waals surface area (Å²) >= 11 is 1.49. The number of nitrogens with one attached hydrogen (secondary N) is 1. The van der Waals surface area contributed by atoms with Crippen LogP contribution in [0, 0.1) is 5.82 Å². The quantitative estimate of drug-likeness (QED) is 0.850. The van der Waals surface area contributed by atoms with E-state index in [0.717, 1.165) is 37.1 Å². The highest BCUT2D eigenvalue weighted by Crippen LogP contribution is 2.36. The highest BCUT2D eigenvalue weighted by molar-refractivity contribution is 7.10. The van der Waals surface area contributed by atoms with Crippen molar-refractivity contribution in [1.82, 2.24) is 10.2 Å². The van der Waals surface area contributed by atoms with Crippen LogP contribution >= 0.6 is 11.3 Å². The van der Waals surface area contributed by atoms with E-state index in [1.807, 2.05) is 17.5 Å². The number of hydrogen-bond acceptors (Lipinski definition) is 3. The number of alkyl halides is 3. The van der Waals surface area contributed by atoms with Crippen LogP contribution < -0.4 is 5.32 Å². The lowest BCUT2D eigenvalue weighted by molar-refractivity contribution is -0.137. The summed E-state index contributed by atoms with van der Waals surface area (Å²) in [5, 5.41) is 5.12. The highest BCUT2D eigenvalue weighted by Gasteiger charge is 2.33. The van der Waals surface area contributed by atoms with Crippen LogP contribution in [0.1, 0.15) is 22.0 Å². The first-order chi connectivity index (χ1) is 11.0. The summed E-state index contributed by atoms with van der Waals surface area (Å²) in [6, 6.07) is 6.25. The highest BCUT2D eigenvalue weighted by atomic mass is 32.1. The van der Waals surface area contributed by atoms with Crippen LogP contribution in [-0.4, -0.2) is 31.1 Å². The zero-order valence-corrected chi connectivity index (χ0v) is 13.1. The Morgan fingerprint density at radius 2 is 1.87 bits per heavy atom. The smallest absolute Gasteiger partial charge is 0.314 e. The molecular weight excluding hydrogens is 328 g/mol. The van der Waals surface area contributed by atoms with Crippen molar-refractivity contribution < 1.29 is 17.6 Å². The third-order valence-electron chi connectivity index (χ3n) is 3.95. The van der Waals surface area contributed by atoms with Crippen molar-refractivity contribution in [2.45, 2.75) is 12.2 Å². The maximum Gasteiger partial charge on any atom is 0.416 e. The first-order valence-electron chi connectivity index (χ1n) is 7.31. The second-order valence-electron chi connectivity index (χ2n) is 5.44. The lowest BCUT2D eigenvalue weighted by Crippen LogP contribution is -2.45. The predicted octanol–water partition coefficient (Wildman–Crippen LogP) is 3.90. The van der Waals surface area contributed by atoms with Gasteiger partial charge >= 0.3 is 6.18 Å². The van der Waals surface area contributed by atoms with E-state index in [-0.39, 0.29) is 6.04 Å². The van der Waals surface area contributed by atoms with Gasteiger partial charge in [0.25, 0.3) is 0 Å². The molecule has 23 heavy (non-hydrogen) atoms. The molecule has 0 saturated carbocycles. The number of nitrogens with zero attached hydrogens (tertiary/aromatic N) is 1. The molecule has 0 radical (unpaired) electrons. The summed E-state index contributed by atoms with van der Waals surface area (Å²) in [4.78, 5) is 3.04. The van der Waals surface area contributed by atoms with Gasteiger partial charge in [0.1, 0.15) is 5.82 Å². The van der Waals surface area contributed by atoms with Crippen LogP contribution in [-0.2, 0) is 6.18 Å². The van der Waals surface area contributed by atoms with E-state index >= 15 is 0 Å². The molecule has 0 spiro atoms. The molecule has 0 aliphatic carbocycles. The van der Waals surface area contributed by atoms with Crippen molar-refractivity contribution in [3.8, 4) is 0 Å². The number of benzene rings is 1. The summed E-state index contributed by atoms with van der Waals surface area (Å²) in [6.07, 6.45) is -4.53. The number of rotatable bonds is 3. The number of piperazine rings is 1. The SMILES string of the molecule is Fc1cc(C(F)(F)F)ccc1[C@H](c1cccs1)N1CCNCC1. The second kappa shape index (κ2) is 6.59. The average molecular weight is 344 g/mol. The Labute approximate surface area is 135 Å². The van der Waals surface area contributed by atoms with E-state index in [1.54, 1.807) is 0 Å². The van der Waals surface area contributed by atoms with Gasteiger partial charge in [-0.15, -0.1) is 11.3 Å². The van der Waals surface area contributed by atoms with Crippen molar-refractivity contribution in [2.24, 2.45) is 0 Å². The average Bonchev–Trinajstić information content (AvgIpc) is 3.03. The molecule has 1 aliphatic heterocycles. The Hall–Kier alpha value is -1.44. The Bertz CT molecular complexity index is 649. The van der Waals surface area contributed by atoms with Crippen LogP contribution in [0.2, 0.25) is 0 Å². The molecule has 0 unspecified atom stereocenters. The topological polar surface area (TPSA) is 15.3 Å². The van der Waals surface area contributed by atoms with Crippen molar-refractivity contribution in [3.05, 3.63) is 57.5 Å². The van der Waals surface area contributed by atoms with Gasteiger partial charge in [0.2, 0.25) is 0 Å². The van der Waals surface area contributed by atoms with Crippen molar-refractivity contribution >= 4 is 11.3 Å². The first-order valence-corrected chi connectivity index (χ1v) is 8.19. The Morgan fingerprint density at radius 1 is 1.13 bits per heavy atom. The Balaban J connectivity index is 2.00. The van der Waals surface area contributed by atoms with Crippen molar-refractivity contribution in [1.29, 1.82) is 0 Å². The molecular formula is C16H16F4N2S. The van der Waals surface area contributed by atoms with Crippen LogP contribution in [0.25, 0.3) is 0 Å². The van der Waals surface area contributed by atoms with Gasteiger partial charge in [0.05, 0.1) is 11.6 Å². The van der Waals surface area contributed by atoms with E-state index in [1.165, 1.54) is 17.4 Å². The number of hydrogen-bond donors (Lipinski definition) is 1. The molecule has 0 bridgehead atoms. The fraction of sp³-hybridized carbons (Fsp3) is 0.375. The van der Waals surface area contributed by atoms with E-state index in [0.29, 0.717) is 11.6 Å². The molecule has 1 fully saturated rings. The molecule has 124 valence electrons. The normalized spacial score (nSPS) is 18.1. The van der Waals surface area contributed by atoms with Crippen LogP contribution in [0.4, 0.5) is 17.6 Å². The van der Waals surface area contributed by atoms with E-state index in [9.17, 15) is 17.6 Å². The standard InChI is InChI=1S/C16H16F4N2S/c17-13-10-11(16(18,19)20)3-4-12(13)15(14-2-1-9-23-14)22-7-5-21-6-8-22/h1-4,9-10,15,21H,5-8H2/t15-/m1/s1. The zero-order chi connectivity index (χ0) is 16.4. The molecule has 3 rings (SSSR count). The van der Waals surface area contributed by atoms with Crippen molar-refractivity contribution in [3.63, 3.8) is 0 Å². The summed E-state index contributed by atoms with van der Waals surface area (Å²) in [5.41, 5.74) is -0.661. The van der Waals surface area contributed by atoms with Crippen LogP contribution in [0.15, 0.2) is 35.7 Å². The van der Waals surface area contributed by atoms with Gasteiger partial charge in [-0.25, -0.2) is 4.39 Å². The van der Waals surface area contributed by atoms with Crippen LogP contribution in [0.5, 0.6) is 0 Å². The molecule has 1 atom stereocenters. The predicted molar refractivity (Wildman–Crippen MR) is 82.0 cm³/mol. The first kappa shape index (κ1) is 16.4. The Morgan fingerprint density at radius 3 is 2.43 bits per heavy atom. The second-order valence-corrected chi connectivity index (χ2v) is 6.42. The van der Waals surface area contributed by atoms with E-state index < -0.39 is 17.6 Å². The van der Waals surface area contributed by atoms with Gasteiger partial charge in [-0.3, -0.25) is 4.90 Å². The maximum absolute atomic E-state index is 14.4. The van der Waals surface area contributed by atoms with Gasteiger partial charge in [-0.05, 0) is 23.6 Å². The molecule has 1 aromatic carbocycles. The third-order valence-corrected chi connectivity index (χ3v) is 4.88. The van der Waals surface area contributed by atoms with E-state index in [4.69, 9.17) is 0 Å². The summed E-state index contributed by atoms with van der Waals surface area (Å²) in [6.45, 7) is 3.01. The minimum Gasteiger partial charge on any atom is -0.314 e. The third kappa shape index (κ3) is 3.57. The van der Waals surface area contributed by atoms with Crippen LogP contribution in [0.3, 0.4) is 0 Å². The minimum atomic E-state index is -4.53. The Kier molecular flexibility index (Phi) is 4.70. The molecule has 2 nitrogen and oxygen atoms in total. The molecule has 1 aromatic heterocycles. The largest absolute Gasteiger partial charge is 0.416 e. The number of halogens is 4.